The summed E-state index contributed by atoms with van der Waals surface area (Å²) in [7, 11) is 0. The molecule has 34 heavy (non-hydrogen) atoms. The second-order valence-electron chi connectivity index (χ2n) is 9.46. The second kappa shape index (κ2) is 7.32. The molecule has 2 fully saturated rings. The maximum absolute atomic E-state index is 14.7. The van der Waals surface area contributed by atoms with E-state index in [4.69, 9.17) is 9.26 Å². The van der Waals surface area contributed by atoms with Gasteiger partial charge in [-0.25, -0.2) is 4.39 Å². The number of fused-ring (bicyclic) bond motifs is 3. The number of aliphatic imine (C=N–C) groups is 1. The smallest absolute Gasteiger partial charge is 0.255 e. The van der Waals surface area contributed by atoms with Crippen LogP contribution in [0, 0.1) is 17.1 Å². The maximum atomic E-state index is 14.7. The molecule has 1 aromatic heterocycles. The number of carbonyl (C=O) groups is 1. The molecule has 3 aliphatic heterocycles. The zero-order chi connectivity index (χ0) is 23.7. The predicted molar refractivity (Wildman–Crippen MR) is 116 cm³/mol. The molecule has 0 bridgehead atoms. The van der Waals surface area contributed by atoms with E-state index >= 15 is 0 Å². The minimum atomic E-state index is -1.14. The number of amides is 1. The quantitative estimate of drug-likeness (QED) is 0.731. The lowest BCUT2D eigenvalue weighted by atomic mass is 9.95. The first kappa shape index (κ1) is 21.2. The van der Waals surface area contributed by atoms with Gasteiger partial charge in [-0.05, 0) is 57.6 Å². The molecule has 4 aliphatic rings. The van der Waals surface area contributed by atoms with E-state index in [0.717, 1.165) is 19.3 Å². The molecular formula is C23H23FN6O4. The number of anilines is 2. The van der Waals surface area contributed by atoms with Crippen molar-refractivity contribution in [3.8, 4) is 6.07 Å². The Labute approximate surface area is 194 Å². The SMILES string of the molecule is CC1(N2C(=O)C3C(c4nc(C5(O)CCCC5)no4)N=CN3c3ccc(F)c(C#N)c32)CCCO1. The van der Waals surface area contributed by atoms with Crippen LogP contribution in [0.4, 0.5) is 15.8 Å². The van der Waals surface area contributed by atoms with E-state index in [1.54, 1.807) is 11.8 Å². The van der Waals surface area contributed by atoms with Crippen LogP contribution in [0.15, 0.2) is 21.6 Å². The van der Waals surface area contributed by atoms with Crippen molar-refractivity contribution in [2.45, 2.75) is 68.9 Å². The van der Waals surface area contributed by atoms with E-state index in [-0.39, 0.29) is 23.0 Å². The zero-order valence-electron chi connectivity index (χ0n) is 18.6. The summed E-state index contributed by atoms with van der Waals surface area (Å²) in [4.78, 5) is 25.9. The highest BCUT2D eigenvalue weighted by molar-refractivity contribution is 6.13. The Morgan fingerprint density at radius 2 is 2.06 bits per heavy atom. The molecule has 1 aromatic carbocycles. The van der Waals surface area contributed by atoms with Gasteiger partial charge in [-0.3, -0.25) is 14.7 Å². The van der Waals surface area contributed by atoms with Crippen LogP contribution in [0.5, 0.6) is 0 Å². The molecule has 11 heteroatoms. The van der Waals surface area contributed by atoms with Crippen molar-refractivity contribution in [2.75, 3.05) is 16.4 Å². The molecule has 1 saturated heterocycles. The van der Waals surface area contributed by atoms with E-state index in [2.05, 4.69) is 15.1 Å². The number of nitrogens with zero attached hydrogens (tertiary/aromatic N) is 6. The number of hydrogen-bond donors (Lipinski definition) is 1. The van der Waals surface area contributed by atoms with Gasteiger partial charge in [0.15, 0.2) is 6.04 Å². The monoisotopic (exact) mass is 466 g/mol. The van der Waals surface area contributed by atoms with E-state index in [1.165, 1.54) is 23.4 Å². The first-order valence-corrected chi connectivity index (χ1v) is 11.4. The largest absolute Gasteiger partial charge is 0.382 e. The van der Waals surface area contributed by atoms with Crippen LogP contribution < -0.4 is 9.80 Å². The Morgan fingerprint density at radius 1 is 1.26 bits per heavy atom. The average molecular weight is 466 g/mol. The Kier molecular flexibility index (Phi) is 4.56. The van der Waals surface area contributed by atoms with Gasteiger partial charge in [0, 0.05) is 6.61 Å². The summed E-state index contributed by atoms with van der Waals surface area (Å²) in [5.41, 5.74) is -1.75. The van der Waals surface area contributed by atoms with Gasteiger partial charge in [0.25, 0.3) is 11.8 Å². The molecule has 3 atom stereocenters. The lowest BCUT2D eigenvalue weighted by molar-refractivity contribution is -0.125. The van der Waals surface area contributed by atoms with E-state index in [0.29, 0.717) is 31.6 Å². The molecule has 3 unspecified atom stereocenters. The van der Waals surface area contributed by atoms with Gasteiger partial charge in [-0.2, -0.15) is 10.2 Å². The van der Waals surface area contributed by atoms with Crippen molar-refractivity contribution in [3.05, 3.63) is 35.2 Å². The number of nitriles is 1. The standard InChI is InChI=1S/C23H23FN6O4/c1-22(7-4-10-33-22)30-17-13(11-25)14(24)5-6-15(17)29-12-26-16(18(29)20(30)31)19-27-21(28-34-19)23(32)8-2-3-9-23/h5-6,12,16,18,32H,2-4,7-10H2,1H3. The van der Waals surface area contributed by atoms with Crippen LogP contribution in [-0.2, 0) is 15.1 Å². The molecule has 10 nitrogen and oxygen atoms in total. The number of hydrogen-bond acceptors (Lipinski definition) is 9. The van der Waals surface area contributed by atoms with Crippen LogP contribution in [0.25, 0.3) is 0 Å². The number of rotatable bonds is 3. The van der Waals surface area contributed by atoms with Gasteiger partial charge in [0.1, 0.15) is 34.8 Å². The number of carbonyl (C=O) groups excluding carboxylic acids is 1. The summed E-state index contributed by atoms with van der Waals surface area (Å²) in [5.74, 6) is -0.788. The highest BCUT2D eigenvalue weighted by atomic mass is 19.1. The van der Waals surface area contributed by atoms with Gasteiger partial charge in [-0.15, -0.1) is 0 Å². The number of benzene rings is 1. The zero-order valence-corrected chi connectivity index (χ0v) is 18.6. The first-order chi connectivity index (χ1) is 16.4. The summed E-state index contributed by atoms with van der Waals surface area (Å²) in [5, 5.41) is 24.6. The molecule has 1 saturated carbocycles. The molecule has 1 aliphatic carbocycles. The fourth-order valence-electron chi connectivity index (χ4n) is 5.59. The topological polar surface area (TPSA) is 128 Å². The molecular weight excluding hydrogens is 443 g/mol. The lowest BCUT2D eigenvalue weighted by Gasteiger charge is -2.46. The minimum Gasteiger partial charge on any atom is -0.382 e. The number of halogens is 1. The van der Waals surface area contributed by atoms with Crippen LogP contribution in [0.2, 0.25) is 0 Å². The van der Waals surface area contributed by atoms with Crippen LogP contribution in [0.1, 0.15) is 68.8 Å². The van der Waals surface area contributed by atoms with Crippen LogP contribution in [-0.4, -0.2) is 45.9 Å². The number of ether oxygens (including phenoxy) is 1. The fourth-order valence-corrected chi connectivity index (χ4v) is 5.59. The molecule has 0 spiro atoms. The Bertz CT molecular complexity index is 1240. The van der Waals surface area contributed by atoms with Gasteiger partial charge >= 0.3 is 0 Å². The van der Waals surface area contributed by atoms with E-state index in [9.17, 15) is 19.6 Å². The summed E-state index contributed by atoms with van der Waals surface area (Å²) >= 11 is 0. The summed E-state index contributed by atoms with van der Waals surface area (Å²) in [6.45, 7) is 2.22. The molecule has 176 valence electrons. The molecule has 6 rings (SSSR count). The molecule has 2 aromatic rings. The van der Waals surface area contributed by atoms with Crippen molar-refractivity contribution in [2.24, 2.45) is 4.99 Å². The number of aliphatic hydroxyl groups is 1. The maximum Gasteiger partial charge on any atom is 0.255 e. The van der Waals surface area contributed by atoms with Crippen molar-refractivity contribution in [1.82, 2.24) is 10.1 Å². The van der Waals surface area contributed by atoms with Crippen molar-refractivity contribution < 1.29 is 23.6 Å². The van der Waals surface area contributed by atoms with Crippen LogP contribution in [0.3, 0.4) is 0 Å². The minimum absolute atomic E-state index is 0.121. The molecule has 1 N–H and O–H groups in total. The van der Waals surface area contributed by atoms with Crippen LogP contribution >= 0.6 is 0 Å². The second-order valence-corrected chi connectivity index (χ2v) is 9.46. The van der Waals surface area contributed by atoms with Gasteiger partial charge in [0.05, 0.1) is 17.7 Å². The average Bonchev–Trinajstić information content (AvgIpc) is 3.60. The third-order valence-electron chi connectivity index (χ3n) is 7.36. The van der Waals surface area contributed by atoms with Gasteiger partial charge in [-0.1, -0.05) is 5.16 Å². The Hall–Kier alpha value is -3.36. The third-order valence-corrected chi connectivity index (χ3v) is 7.36. The third kappa shape index (κ3) is 2.85. The van der Waals surface area contributed by atoms with Gasteiger partial charge < -0.3 is 19.3 Å². The fraction of sp³-hybridized carbons (Fsp3) is 0.522. The summed E-state index contributed by atoms with van der Waals surface area (Å²) in [6.07, 6.45) is 5.59. The molecule has 0 radical (unpaired) electrons. The molecule has 4 heterocycles. The first-order valence-electron chi connectivity index (χ1n) is 11.4. The van der Waals surface area contributed by atoms with Crippen molar-refractivity contribution in [3.63, 3.8) is 0 Å². The highest BCUT2D eigenvalue weighted by Gasteiger charge is 2.54. The Morgan fingerprint density at radius 3 is 2.76 bits per heavy atom. The van der Waals surface area contributed by atoms with Crippen molar-refractivity contribution in [1.29, 1.82) is 5.26 Å². The summed E-state index contributed by atoms with van der Waals surface area (Å²) < 4.78 is 26.1. The Balaban J connectivity index is 1.45. The predicted octanol–water partition coefficient (Wildman–Crippen LogP) is 2.67. The van der Waals surface area contributed by atoms with E-state index < -0.39 is 35.1 Å². The van der Waals surface area contributed by atoms with Crippen molar-refractivity contribution >= 4 is 23.6 Å². The molecule has 1 amide bonds. The summed E-state index contributed by atoms with van der Waals surface area (Å²) in [6, 6.07) is 2.95. The normalized spacial score (nSPS) is 29.4. The van der Waals surface area contributed by atoms with Gasteiger partial charge in [0.2, 0.25) is 5.82 Å². The van der Waals surface area contributed by atoms with E-state index in [1.807, 2.05) is 6.07 Å². The number of aromatic nitrogens is 2. The highest BCUT2D eigenvalue weighted by Crippen LogP contribution is 2.49. The lowest BCUT2D eigenvalue weighted by Crippen LogP contribution is -2.60.